The lowest BCUT2D eigenvalue weighted by Gasteiger charge is -2.14. The quantitative estimate of drug-likeness (QED) is 0.560. The zero-order valence-electron chi connectivity index (χ0n) is 16.9. The summed E-state index contributed by atoms with van der Waals surface area (Å²) in [6.07, 6.45) is 6.47. The van der Waals surface area contributed by atoms with Crippen molar-refractivity contribution in [1.29, 1.82) is 0 Å². The van der Waals surface area contributed by atoms with Gasteiger partial charge >= 0.3 is 0 Å². The SMILES string of the molecule is O=C(N[C@@H]1CCNC1)c1c[nH]c2c(-c3c(OCC4CC4)ccc4c3OCO4)ncnc12. The standard InChI is InChI=1S/C22H23N5O4/c28-22(27-13-5-6-23-7-13)14-8-24-20-18(14)25-10-26-19(20)17-15(29-9-12-1-2-12)3-4-16-21(17)31-11-30-16/h3-4,8,10,12-13,23-24H,1-2,5-7,9,11H2,(H,27,28)/t13-/m1/s1. The van der Waals surface area contributed by atoms with Crippen LogP contribution in [0.5, 0.6) is 17.2 Å². The topological polar surface area (TPSA) is 110 Å². The third kappa shape index (κ3) is 3.34. The highest BCUT2D eigenvalue weighted by molar-refractivity contribution is 6.08. The van der Waals surface area contributed by atoms with Gasteiger partial charge in [-0.3, -0.25) is 4.79 Å². The van der Waals surface area contributed by atoms with Gasteiger partial charge in [0.1, 0.15) is 23.3 Å². The van der Waals surface area contributed by atoms with E-state index in [0.29, 0.717) is 52.1 Å². The molecule has 3 N–H and O–H groups in total. The average Bonchev–Trinajstić information content (AvgIpc) is 3.16. The summed E-state index contributed by atoms with van der Waals surface area (Å²) in [5.41, 5.74) is 3.07. The molecule has 3 aromatic rings. The highest BCUT2D eigenvalue weighted by atomic mass is 16.7. The van der Waals surface area contributed by atoms with Crippen molar-refractivity contribution in [3.8, 4) is 28.5 Å². The Balaban J connectivity index is 1.41. The number of rotatable bonds is 6. The van der Waals surface area contributed by atoms with Gasteiger partial charge in [0.15, 0.2) is 11.5 Å². The molecular formula is C22H23N5O4. The zero-order valence-corrected chi connectivity index (χ0v) is 16.9. The fraction of sp³-hybridized carbons (Fsp3) is 0.409. The summed E-state index contributed by atoms with van der Waals surface area (Å²) < 4.78 is 17.5. The van der Waals surface area contributed by atoms with Crippen LogP contribution in [-0.4, -0.2) is 53.4 Å². The lowest BCUT2D eigenvalue weighted by Crippen LogP contribution is -2.36. The smallest absolute Gasteiger partial charge is 0.255 e. The van der Waals surface area contributed by atoms with E-state index < -0.39 is 0 Å². The third-order valence-corrected chi connectivity index (χ3v) is 6.01. The fourth-order valence-electron chi connectivity index (χ4n) is 4.13. The second-order valence-corrected chi connectivity index (χ2v) is 8.24. The Kier molecular flexibility index (Phi) is 4.41. The first-order valence-electron chi connectivity index (χ1n) is 10.7. The van der Waals surface area contributed by atoms with E-state index in [1.807, 2.05) is 12.1 Å². The van der Waals surface area contributed by atoms with Crippen molar-refractivity contribution in [2.45, 2.75) is 25.3 Å². The van der Waals surface area contributed by atoms with Crippen molar-refractivity contribution in [1.82, 2.24) is 25.6 Å². The molecule has 1 aliphatic carbocycles. The minimum Gasteiger partial charge on any atom is -0.492 e. The number of nitrogens with zero attached hydrogens (tertiary/aromatic N) is 2. The normalized spacial score (nSPS) is 19.7. The van der Waals surface area contributed by atoms with Crippen LogP contribution in [0, 0.1) is 5.92 Å². The number of aromatic amines is 1. The number of ether oxygens (including phenoxy) is 3. The van der Waals surface area contributed by atoms with Crippen molar-refractivity contribution in [3.63, 3.8) is 0 Å². The molecule has 1 amide bonds. The number of aromatic nitrogens is 3. The van der Waals surface area contributed by atoms with Crippen LogP contribution in [0.2, 0.25) is 0 Å². The number of carbonyl (C=O) groups excluding carboxylic acids is 1. The minimum absolute atomic E-state index is 0.129. The van der Waals surface area contributed by atoms with Crippen molar-refractivity contribution in [2.75, 3.05) is 26.5 Å². The van der Waals surface area contributed by atoms with Crippen LogP contribution in [0.4, 0.5) is 0 Å². The average molecular weight is 421 g/mol. The molecule has 31 heavy (non-hydrogen) atoms. The number of hydrogen-bond acceptors (Lipinski definition) is 7. The Morgan fingerprint density at radius 2 is 2.16 bits per heavy atom. The summed E-state index contributed by atoms with van der Waals surface area (Å²) in [5.74, 6) is 2.40. The summed E-state index contributed by atoms with van der Waals surface area (Å²) in [7, 11) is 0. The number of hydrogen-bond donors (Lipinski definition) is 3. The highest BCUT2D eigenvalue weighted by Crippen LogP contribution is 2.48. The van der Waals surface area contributed by atoms with E-state index >= 15 is 0 Å². The molecular weight excluding hydrogens is 398 g/mol. The van der Waals surface area contributed by atoms with Crippen LogP contribution in [-0.2, 0) is 0 Å². The molecule has 0 unspecified atom stereocenters. The number of H-pyrrole nitrogens is 1. The molecule has 2 aromatic heterocycles. The van der Waals surface area contributed by atoms with Gasteiger partial charge < -0.3 is 29.8 Å². The van der Waals surface area contributed by atoms with E-state index in [-0.39, 0.29) is 18.7 Å². The molecule has 160 valence electrons. The molecule has 1 saturated heterocycles. The van der Waals surface area contributed by atoms with E-state index in [1.165, 1.54) is 19.2 Å². The Hall–Kier alpha value is -3.33. The molecule has 1 saturated carbocycles. The van der Waals surface area contributed by atoms with Crippen LogP contribution >= 0.6 is 0 Å². The fourth-order valence-corrected chi connectivity index (χ4v) is 4.13. The maximum absolute atomic E-state index is 12.9. The van der Waals surface area contributed by atoms with E-state index in [0.717, 1.165) is 25.1 Å². The molecule has 1 aromatic carbocycles. The predicted molar refractivity (Wildman–Crippen MR) is 112 cm³/mol. The molecule has 2 aliphatic heterocycles. The highest BCUT2D eigenvalue weighted by Gasteiger charge is 2.29. The van der Waals surface area contributed by atoms with Gasteiger partial charge in [0.25, 0.3) is 5.91 Å². The molecule has 0 bridgehead atoms. The van der Waals surface area contributed by atoms with Crippen molar-refractivity contribution >= 4 is 16.9 Å². The largest absolute Gasteiger partial charge is 0.492 e. The predicted octanol–water partition coefficient (Wildman–Crippen LogP) is 2.23. The van der Waals surface area contributed by atoms with E-state index in [4.69, 9.17) is 14.2 Å². The summed E-state index contributed by atoms with van der Waals surface area (Å²) in [5, 5.41) is 6.33. The molecule has 0 radical (unpaired) electrons. The summed E-state index contributed by atoms with van der Waals surface area (Å²) in [4.78, 5) is 25.0. The lowest BCUT2D eigenvalue weighted by molar-refractivity contribution is 0.0941. The number of benzene rings is 1. The lowest BCUT2D eigenvalue weighted by atomic mass is 10.1. The first-order valence-corrected chi connectivity index (χ1v) is 10.7. The van der Waals surface area contributed by atoms with Crippen molar-refractivity contribution in [3.05, 3.63) is 30.2 Å². The van der Waals surface area contributed by atoms with Gasteiger partial charge in [-0.1, -0.05) is 0 Å². The Morgan fingerprint density at radius 1 is 1.23 bits per heavy atom. The van der Waals surface area contributed by atoms with Gasteiger partial charge in [-0.25, -0.2) is 9.97 Å². The second-order valence-electron chi connectivity index (χ2n) is 8.24. The first kappa shape index (κ1) is 18.4. The number of fused-ring (bicyclic) bond motifs is 2. The van der Waals surface area contributed by atoms with Crippen molar-refractivity contribution < 1.29 is 19.0 Å². The van der Waals surface area contributed by atoms with Gasteiger partial charge in [-0.05, 0) is 43.9 Å². The minimum atomic E-state index is -0.146. The number of carbonyl (C=O) groups is 1. The van der Waals surface area contributed by atoms with Crippen molar-refractivity contribution in [2.24, 2.45) is 5.92 Å². The molecule has 4 heterocycles. The van der Waals surface area contributed by atoms with Gasteiger partial charge in [-0.15, -0.1) is 0 Å². The molecule has 6 rings (SSSR count). The summed E-state index contributed by atoms with van der Waals surface area (Å²) in [6.45, 7) is 2.50. The maximum atomic E-state index is 12.9. The van der Waals surface area contributed by atoms with Crippen LogP contribution in [0.3, 0.4) is 0 Å². The third-order valence-electron chi connectivity index (χ3n) is 6.01. The van der Waals surface area contributed by atoms with Gasteiger partial charge in [0.05, 0.1) is 23.3 Å². The van der Waals surface area contributed by atoms with Crippen LogP contribution in [0.1, 0.15) is 29.6 Å². The van der Waals surface area contributed by atoms with Gasteiger partial charge in [0, 0.05) is 18.8 Å². The van der Waals surface area contributed by atoms with Gasteiger partial charge in [-0.2, -0.15) is 0 Å². The number of nitrogens with one attached hydrogen (secondary N) is 3. The van der Waals surface area contributed by atoms with E-state index in [9.17, 15) is 4.79 Å². The van der Waals surface area contributed by atoms with Gasteiger partial charge in [0.2, 0.25) is 6.79 Å². The number of amides is 1. The van der Waals surface area contributed by atoms with E-state index in [1.54, 1.807) is 6.20 Å². The summed E-state index contributed by atoms with van der Waals surface area (Å²) >= 11 is 0. The Morgan fingerprint density at radius 3 is 3.00 bits per heavy atom. The second kappa shape index (κ2) is 7.42. The molecule has 0 spiro atoms. The molecule has 3 aliphatic rings. The Labute approximate surface area is 178 Å². The molecule has 2 fully saturated rings. The molecule has 1 atom stereocenters. The summed E-state index contributed by atoms with van der Waals surface area (Å²) in [6, 6.07) is 3.88. The monoisotopic (exact) mass is 421 g/mol. The van der Waals surface area contributed by atoms with Crippen LogP contribution in [0.25, 0.3) is 22.3 Å². The van der Waals surface area contributed by atoms with Crippen LogP contribution < -0.4 is 24.8 Å². The maximum Gasteiger partial charge on any atom is 0.255 e. The molecule has 9 nitrogen and oxygen atoms in total. The first-order chi connectivity index (χ1) is 15.3. The Bertz CT molecular complexity index is 1150. The zero-order chi connectivity index (χ0) is 20.8. The van der Waals surface area contributed by atoms with Crippen LogP contribution in [0.15, 0.2) is 24.7 Å². The van der Waals surface area contributed by atoms with E-state index in [2.05, 4.69) is 25.6 Å². The molecule has 9 heteroatoms.